The van der Waals surface area contributed by atoms with E-state index in [-0.39, 0.29) is 12.1 Å². The van der Waals surface area contributed by atoms with E-state index in [1.165, 1.54) is 19.4 Å². The normalized spacial score (nSPS) is 10.9. The van der Waals surface area contributed by atoms with Crippen LogP contribution in [0.3, 0.4) is 0 Å². The third-order valence-corrected chi connectivity index (χ3v) is 3.12. The Morgan fingerprint density at radius 3 is 2.95 bits per heavy atom. The topological polar surface area (TPSA) is 75.3 Å². The van der Waals surface area contributed by atoms with Crippen LogP contribution in [0.15, 0.2) is 46.6 Å². The highest BCUT2D eigenvalue weighted by Gasteiger charge is 2.11. The third kappa shape index (κ3) is 3.90. The fourth-order valence-electron chi connectivity index (χ4n) is 1.80. The van der Waals surface area contributed by atoms with Crippen molar-refractivity contribution < 1.29 is 13.9 Å². The number of rotatable bonds is 5. The van der Waals surface area contributed by atoms with Crippen LogP contribution in [0, 0.1) is 11.3 Å². The molecule has 0 bridgehead atoms. The second-order valence-corrected chi connectivity index (χ2v) is 4.76. The SMILES string of the molecule is COc1cc(Cl)ccc1CNC(=O)C(C#N)=Cc1ccco1. The van der Waals surface area contributed by atoms with Crippen molar-refractivity contribution in [2.24, 2.45) is 0 Å². The lowest BCUT2D eigenvalue weighted by atomic mass is 10.2. The van der Waals surface area contributed by atoms with Crippen molar-refractivity contribution in [2.75, 3.05) is 7.11 Å². The average molecular weight is 317 g/mol. The van der Waals surface area contributed by atoms with Crippen LogP contribution in [0.4, 0.5) is 0 Å². The number of nitrogens with one attached hydrogen (secondary N) is 1. The second kappa shape index (κ2) is 7.34. The van der Waals surface area contributed by atoms with Crippen LogP contribution in [0.5, 0.6) is 5.75 Å². The van der Waals surface area contributed by atoms with E-state index < -0.39 is 5.91 Å². The summed E-state index contributed by atoms with van der Waals surface area (Å²) in [5, 5.41) is 12.3. The summed E-state index contributed by atoms with van der Waals surface area (Å²) in [6.07, 6.45) is 2.85. The van der Waals surface area contributed by atoms with Gasteiger partial charge in [0.1, 0.15) is 23.2 Å². The minimum absolute atomic E-state index is 0.0390. The zero-order chi connectivity index (χ0) is 15.9. The molecule has 6 heteroatoms. The molecule has 1 heterocycles. The lowest BCUT2D eigenvalue weighted by Crippen LogP contribution is -2.24. The highest BCUT2D eigenvalue weighted by Crippen LogP contribution is 2.23. The minimum Gasteiger partial charge on any atom is -0.496 e. The van der Waals surface area contributed by atoms with Gasteiger partial charge in [0.25, 0.3) is 5.91 Å². The average Bonchev–Trinajstić information content (AvgIpc) is 3.04. The number of nitrogens with zero attached hydrogens (tertiary/aromatic N) is 1. The molecule has 2 rings (SSSR count). The molecule has 1 aromatic heterocycles. The quantitative estimate of drug-likeness (QED) is 0.679. The molecular formula is C16H13ClN2O3. The largest absolute Gasteiger partial charge is 0.496 e. The van der Waals surface area contributed by atoms with Gasteiger partial charge in [-0.05, 0) is 24.3 Å². The van der Waals surface area contributed by atoms with Crippen LogP contribution >= 0.6 is 11.6 Å². The Morgan fingerprint density at radius 1 is 1.50 bits per heavy atom. The van der Waals surface area contributed by atoms with E-state index in [2.05, 4.69) is 5.32 Å². The Kier molecular flexibility index (Phi) is 5.23. The van der Waals surface area contributed by atoms with Crippen LogP contribution in [0.1, 0.15) is 11.3 Å². The monoisotopic (exact) mass is 316 g/mol. The van der Waals surface area contributed by atoms with Crippen LogP contribution in [-0.2, 0) is 11.3 Å². The number of furan rings is 1. The molecule has 1 amide bonds. The summed E-state index contributed by atoms with van der Waals surface area (Å²) >= 11 is 5.88. The number of nitriles is 1. The smallest absolute Gasteiger partial charge is 0.262 e. The first-order valence-electron chi connectivity index (χ1n) is 6.40. The molecule has 0 fully saturated rings. The zero-order valence-electron chi connectivity index (χ0n) is 11.8. The van der Waals surface area contributed by atoms with Gasteiger partial charge in [0, 0.05) is 23.2 Å². The Morgan fingerprint density at radius 2 is 2.32 bits per heavy atom. The predicted molar refractivity (Wildman–Crippen MR) is 82.1 cm³/mol. The maximum Gasteiger partial charge on any atom is 0.262 e. The van der Waals surface area contributed by atoms with E-state index in [4.69, 9.17) is 26.0 Å². The summed E-state index contributed by atoms with van der Waals surface area (Å²) in [5.41, 5.74) is 0.721. The maximum atomic E-state index is 12.0. The van der Waals surface area contributed by atoms with E-state index in [0.717, 1.165) is 5.56 Å². The summed E-state index contributed by atoms with van der Waals surface area (Å²) in [4.78, 5) is 12.0. The molecule has 0 aliphatic carbocycles. The van der Waals surface area contributed by atoms with Crippen molar-refractivity contribution in [1.29, 1.82) is 5.26 Å². The van der Waals surface area contributed by atoms with Crippen molar-refractivity contribution in [3.05, 3.63) is 58.5 Å². The second-order valence-electron chi connectivity index (χ2n) is 4.32. The van der Waals surface area contributed by atoms with Gasteiger partial charge in [-0.2, -0.15) is 5.26 Å². The van der Waals surface area contributed by atoms with Crippen LogP contribution in [0.25, 0.3) is 6.08 Å². The number of hydrogen-bond donors (Lipinski definition) is 1. The predicted octanol–water partition coefficient (Wildman–Crippen LogP) is 3.16. The summed E-state index contributed by atoms with van der Waals surface area (Å²) in [6, 6.07) is 10.3. The van der Waals surface area contributed by atoms with Gasteiger partial charge < -0.3 is 14.5 Å². The number of hydrogen-bond acceptors (Lipinski definition) is 4. The van der Waals surface area contributed by atoms with E-state index in [0.29, 0.717) is 16.5 Å². The molecule has 22 heavy (non-hydrogen) atoms. The van der Waals surface area contributed by atoms with Crippen molar-refractivity contribution >= 4 is 23.6 Å². The number of methoxy groups -OCH3 is 1. The summed E-state index contributed by atoms with van der Waals surface area (Å²) < 4.78 is 10.3. The molecule has 0 atom stereocenters. The first-order valence-corrected chi connectivity index (χ1v) is 6.77. The molecule has 1 N–H and O–H groups in total. The van der Waals surface area contributed by atoms with E-state index in [1.807, 2.05) is 6.07 Å². The molecule has 1 aromatic carbocycles. The molecule has 0 saturated carbocycles. The Hall–Kier alpha value is -2.71. The number of carbonyl (C=O) groups is 1. The number of halogens is 1. The van der Waals surface area contributed by atoms with Crippen molar-refractivity contribution in [3.8, 4) is 11.8 Å². The van der Waals surface area contributed by atoms with Crippen LogP contribution < -0.4 is 10.1 Å². The molecule has 0 unspecified atom stereocenters. The molecule has 112 valence electrons. The van der Waals surface area contributed by atoms with Crippen molar-refractivity contribution in [1.82, 2.24) is 5.32 Å². The van der Waals surface area contributed by atoms with E-state index >= 15 is 0 Å². The molecule has 0 spiro atoms. The summed E-state index contributed by atoms with van der Waals surface area (Å²) in [7, 11) is 1.52. The van der Waals surface area contributed by atoms with Crippen LogP contribution in [0.2, 0.25) is 5.02 Å². The fraction of sp³-hybridized carbons (Fsp3) is 0.125. The fourth-order valence-corrected chi connectivity index (χ4v) is 1.96. The van der Waals surface area contributed by atoms with Gasteiger partial charge in [0.05, 0.1) is 13.4 Å². The van der Waals surface area contributed by atoms with Gasteiger partial charge in [-0.15, -0.1) is 0 Å². The summed E-state index contributed by atoms with van der Waals surface area (Å²) in [6.45, 7) is 0.219. The Balaban J connectivity index is 2.08. The third-order valence-electron chi connectivity index (χ3n) is 2.88. The first kappa shape index (κ1) is 15.7. The standard InChI is InChI=1S/C16H13ClN2O3/c1-21-15-8-13(17)5-4-11(15)10-19-16(20)12(9-18)7-14-3-2-6-22-14/h2-8H,10H2,1H3,(H,19,20). The van der Waals surface area contributed by atoms with Gasteiger partial charge in [-0.3, -0.25) is 4.79 Å². The highest BCUT2D eigenvalue weighted by atomic mass is 35.5. The van der Waals surface area contributed by atoms with Crippen LogP contribution in [-0.4, -0.2) is 13.0 Å². The lowest BCUT2D eigenvalue weighted by Gasteiger charge is -2.09. The highest BCUT2D eigenvalue weighted by molar-refractivity contribution is 6.30. The molecule has 0 radical (unpaired) electrons. The van der Waals surface area contributed by atoms with E-state index in [9.17, 15) is 4.79 Å². The number of ether oxygens (including phenoxy) is 1. The molecule has 2 aromatic rings. The molecular weight excluding hydrogens is 304 g/mol. The number of amides is 1. The Bertz CT molecular complexity index is 730. The molecule has 5 nitrogen and oxygen atoms in total. The van der Waals surface area contributed by atoms with Gasteiger partial charge in [-0.1, -0.05) is 17.7 Å². The van der Waals surface area contributed by atoms with Gasteiger partial charge >= 0.3 is 0 Å². The summed E-state index contributed by atoms with van der Waals surface area (Å²) in [5.74, 6) is 0.521. The zero-order valence-corrected chi connectivity index (χ0v) is 12.6. The Labute approximate surface area is 132 Å². The first-order chi connectivity index (χ1) is 10.6. The molecule has 0 aliphatic heterocycles. The maximum absolute atomic E-state index is 12.0. The van der Waals surface area contributed by atoms with Crippen molar-refractivity contribution in [3.63, 3.8) is 0 Å². The lowest BCUT2D eigenvalue weighted by molar-refractivity contribution is -0.117. The molecule has 0 aliphatic rings. The molecule has 0 saturated heterocycles. The minimum atomic E-state index is -0.490. The van der Waals surface area contributed by atoms with Gasteiger partial charge in [0.2, 0.25) is 0 Å². The van der Waals surface area contributed by atoms with E-state index in [1.54, 1.807) is 30.3 Å². The number of carbonyl (C=O) groups excluding carboxylic acids is 1. The van der Waals surface area contributed by atoms with Crippen molar-refractivity contribution in [2.45, 2.75) is 6.54 Å². The van der Waals surface area contributed by atoms with Gasteiger partial charge in [-0.25, -0.2) is 0 Å². The van der Waals surface area contributed by atoms with Gasteiger partial charge in [0.15, 0.2) is 0 Å². The number of benzene rings is 1.